The number of ether oxygens (including phenoxy) is 2. The molecule has 2 rings (SSSR count). The van der Waals surface area contributed by atoms with Crippen molar-refractivity contribution < 1.29 is 9.47 Å². The number of nitrogens with zero attached hydrogens (tertiary/aromatic N) is 1. The third kappa shape index (κ3) is 4.18. The predicted molar refractivity (Wildman–Crippen MR) is 80.0 cm³/mol. The van der Waals surface area contributed by atoms with Crippen LogP contribution in [-0.2, 0) is 4.74 Å². The smallest absolute Gasteiger partial charge is 0.137 e. The van der Waals surface area contributed by atoms with Crippen LogP contribution >= 0.6 is 0 Å². The minimum absolute atomic E-state index is 0.308. The summed E-state index contributed by atoms with van der Waals surface area (Å²) in [6.07, 6.45) is 7.21. The van der Waals surface area contributed by atoms with Gasteiger partial charge in [0.05, 0.1) is 19.4 Å². The Bertz CT molecular complexity index is 392. The Morgan fingerprint density at radius 3 is 3.05 bits per heavy atom. The molecule has 20 heavy (non-hydrogen) atoms. The van der Waals surface area contributed by atoms with Crippen molar-refractivity contribution in [3.05, 3.63) is 24.0 Å². The molecule has 0 amide bonds. The number of hydrogen-bond acceptors (Lipinski definition) is 4. The van der Waals surface area contributed by atoms with Crippen LogP contribution in [0.15, 0.2) is 18.5 Å². The molecule has 2 unspecified atom stereocenters. The summed E-state index contributed by atoms with van der Waals surface area (Å²) in [7, 11) is 0. The lowest BCUT2D eigenvalue weighted by Crippen LogP contribution is -2.34. The zero-order valence-corrected chi connectivity index (χ0v) is 12.6. The molecule has 1 aliphatic heterocycles. The van der Waals surface area contributed by atoms with Crippen molar-refractivity contribution in [3.63, 3.8) is 0 Å². The molecule has 1 aromatic rings. The molecule has 4 heteroatoms. The molecule has 1 N–H and O–H groups in total. The fourth-order valence-corrected chi connectivity index (χ4v) is 2.74. The van der Waals surface area contributed by atoms with Gasteiger partial charge in [0.1, 0.15) is 5.75 Å². The maximum atomic E-state index is 5.65. The Balaban J connectivity index is 2.13. The molecular weight excluding hydrogens is 252 g/mol. The fraction of sp³-hybridized carbons (Fsp3) is 0.688. The summed E-state index contributed by atoms with van der Waals surface area (Å²) in [6, 6.07) is 2.42. The molecular formula is C16H26N2O2. The van der Waals surface area contributed by atoms with Crippen LogP contribution in [0.25, 0.3) is 0 Å². The normalized spacial score (nSPS) is 20.6. The highest BCUT2D eigenvalue weighted by atomic mass is 16.5. The Morgan fingerprint density at radius 1 is 1.45 bits per heavy atom. The summed E-state index contributed by atoms with van der Waals surface area (Å²) in [5, 5.41) is 3.65. The van der Waals surface area contributed by atoms with Crippen LogP contribution in [0.2, 0.25) is 0 Å². The lowest BCUT2D eigenvalue weighted by Gasteiger charge is -2.31. The summed E-state index contributed by atoms with van der Waals surface area (Å²) in [5.74, 6) is 1.37. The van der Waals surface area contributed by atoms with Crippen molar-refractivity contribution in [1.82, 2.24) is 10.3 Å². The van der Waals surface area contributed by atoms with Crippen molar-refractivity contribution in [2.75, 3.05) is 26.4 Å². The molecule has 1 saturated heterocycles. The zero-order valence-electron chi connectivity index (χ0n) is 12.6. The standard InChI is InChI=1S/C16H26N2O2/c1-3-7-18-16(13-6-5-8-19-12-13)14-9-15(20-4-2)11-17-10-14/h9-11,13,16,18H,3-8,12H2,1-2H3. The van der Waals surface area contributed by atoms with Crippen molar-refractivity contribution in [2.45, 2.75) is 39.2 Å². The van der Waals surface area contributed by atoms with Crippen LogP contribution in [0.1, 0.15) is 44.7 Å². The van der Waals surface area contributed by atoms with Gasteiger partial charge in [-0.15, -0.1) is 0 Å². The van der Waals surface area contributed by atoms with E-state index in [9.17, 15) is 0 Å². The molecule has 0 saturated carbocycles. The van der Waals surface area contributed by atoms with Crippen LogP contribution in [0.4, 0.5) is 0 Å². The third-order valence-electron chi connectivity index (χ3n) is 3.69. The van der Waals surface area contributed by atoms with E-state index in [2.05, 4.69) is 23.3 Å². The lowest BCUT2D eigenvalue weighted by atomic mass is 9.89. The van der Waals surface area contributed by atoms with Gasteiger partial charge < -0.3 is 14.8 Å². The molecule has 1 aliphatic rings. The summed E-state index contributed by atoms with van der Waals surface area (Å²) in [4.78, 5) is 4.32. The molecule has 1 aromatic heterocycles. The highest BCUT2D eigenvalue weighted by molar-refractivity contribution is 5.26. The molecule has 2 heterocycles. The SMILES string of the molecule is CCCNC(c1cncc(OCC)c1)C1CCCOC1. The second-order valence-corrected chi connectivity index (χ2v) is 5.30. The quantitative estimate of drug-likeness (QED) is 0.833. The summed E-state index contributed by atoms with van der Waals surface area (Å²) < 4.78 is 11.2. The number of hydrogen-bond donors (Lipinski definition) is 1. The largest absolute Gasteiger partial charge is 0.492 e. The van der Waals surface area contributed by atoms with E-state index in [1.54, 1.807) is 6.20 Å². The van der Waals surface area contributed by atoms with E-state index in [4.69, 9.17) is 9.47 Å². The van der Waals surface area contributed by atoms with Gasteiger partial charge in [0.25, 0.3) is 0 Å². The highest BCUT2D eigenvalue weighted by Gasteiger charge is 2.25. The Hall–Kier alpha value is -1.13. The van der Waals surface area contributed by atoms with E-state index in [-0.39, 0.29) is 0 Å². The van der Waals surface area contributed by atoms with Crippen LogP contribution in [0.3, 0.4) is 0 Å². The molecule has 0 aliphatic carbocycles. The van der Waals surface area contributed by atoms with Gasteiger partial charge in [0, 0.05) is 24.8 Å². The first kappa shape index (κ1) is 15.3. The van der Waals surface area contributed by atoms with Crippen LogP contribution < -0.4 is 10.1 Å². The lowest BCUT2D eigenvalue weighted by molar-refractivity contribution is 0.0389. The van der Waals surface area contributed by atoms with Gasteiger partial charge in [-0.3, -0.25) is 4.98 Å². The molecule has 112 valence electrons. The first-order chi connectivity index (χ1) is 9.85. The Kier molecular flexibility index (Phi) is 6.27. The second kappa shape index (κ2) is 8.22. The highest BCUT2D eigenvalue weighted by Crippen LogP contribution is 2.30. The monoisotopic (exact) mass is 278 g/mol. The van der Waals surface area contributed by atoms with Crippen LogP contribution in [-0.4, -0.2) is 31.3 Å². The van der Waals surface area contributed by atoms with Crippen LogP contribution in [0.5, 0.6) is 5.75 Å². The zero-order chi connectivity index (χ0) is 14.2. The third-order valence-corrected chi connectivity index (χ3v) is 3.69. The molecule has 0 radical (unpaired) electrons. The fourth-order valence-electron chi connectivity index (χ4n) is 2.74. The van der Waals surface area contributed by atoms with Crippen molar-refractivity contribution in [3.8, 4) is 5.75 Å². The van der Waals surface area contributed by atoms with E-state index in [1.807, 2.05) is 13.1 Å². The second-order valence-electron chi connectivity index (χ2n) is 5.30. The first-order valence-corrected chi connectivity index (χ1v) is 7.74. The van der Waals surface area contributed by atoms with E-state index in [0.29, 0.717) is 18.6 Å². The summed E-state index contributed by atoms with van der Waals surface area (Å²) >= 11 is 0. The average molecular weight is 278 g/mol. The van der Waals surface area contributed by atoms with Crippen LogP contribution in [0, 0.1) is 5.92 Å². The molecule has 1 fully saturated rings. The van der Waals surface area contributed by atoms with Crippen molar-refractivity contribution >= 4 is 0 Å². The van der Waals surface area contributed by atoms with E-state index < -0.39 is 0 Å². The molecule has 0 bridgehead atoms. The summed E-state index contributed by atoms with van der Waals surface area (Å²) in [5.41, 5.74) is 1.21. The molecule has 0 spiro atoms. The molecule has 4 nitrogen and oxygen atoms in total. The van der Waals surface area contributed by atoms with E-state index in [0.717, 1.165) is 38.3 Å². The maximum Gasteiger partial charge on any atom is 0.137 e. The Morgan fingerprint density at radius 2 is 2.35 bits per heavy atom. The average Bonchev–Trinajstić information content (AvgIpc) is 2.50. The van der Waals surface area contributed by atoms with Crippen molar-refractivity contribution in [1.29, 1.82) is 0 Å². The number of rotatable bonds is 7. The van der Waals surface area contributed by atoms with Gasteiger partial charge in [-0.05, 0) is 44.4 Å². The van der Waals surface area contributed by atoms with Gasteiger partial charge in [-0.25, -0.2) is 0 Å². The van der Waals surface area contributed by atoms with Gasteiger partial charge in [0.15, 0.2) is 0 Å². The number of pyridine rings is 1. The summed E-state index contributed by atoms with van der Waals surface area (Å²) in [6.45, 7) is 7.60. The van der Waals surface area contributed by atoms with Gasteiger partial charge in [-0.2, -0.15) is 0 Å². The predicted octanol–water partition coefficient (Wildman–Crippen LogP) is 2.95. The minimum atomic E-state index is 0.308. The number of nitrogens with one attached hydrogen (secondary N) is 1. The van der Waals surface area contributed by atoms with E-state index >= 15 is 0 Å². The topological polar surface area (TPSA) is 43.4 Å². The maximum absolute atomic E-state index is 5.65. The van der Waals surface area contributed by atoms with Gasteiger partial charge >= 0.3 is 0 Å². The Labute approximate surface area is 121 Å². The van der Waals surface area contributed by atoms with Crippen molar-refractivity contribution in [2.24, 2.45) is 5.92 Å². The first-order valence-electron chi connectivity index (χ1n) is 7.74. The number of aromatic nitrogens is 1. The van der Waals surface area contributed by atoms with Gasteiger partial charge in [-0.1, -0.05) is 6.92 Å². The minimum Gasteiger partial charge on any atom is -0.492 e. The van der Waals surface area contributed by atoms with E-state index in [1.165, 1.54) is 12.0 Å². The van der Waals surface area contributed by atoms with Gasteiger partial charge in [0.2, 0.25) is 0 Å². The molecule has 0 aromatic carbocycles. The molecule has 2 atom stereocenters.